The number of hydrogen-bond acceptors (Lipinski definition) is 5. The molecule has 0 radical (unpaired) electrons. The Balaban J connectivity index is 1.44. The highest BCUT2D eigenvalue weighted by molar-refractivity contribution is 7.07. The molecule has 0 bridgehead atoms. The average molecular weight is 348 g/mol. The molecule has 1 aromatic carbocycles. The molecular weight excluding hydrogens is 324 g/mol. The number of hydrogen-bond donors (Lipinski definition) is 0. The van der Waals surface area contributed by atoms with Crippen molar-refractivity contribution in [1.29, 1.82) is 0 Å². The zero-order valence-electron chi connectivity index (χ0n) is 14.2. The lowest BCUT2D eigenvalue weighted by Crippen LogP contribution is -2.40. The Morgan fingerprint density at radius 3 is 2.38 bits per heavy atom. The molecule has 0 atom stereocenters. The number of likely N-dealkylation sites (tertiary alicyclic amines) is 1. The van der Waals surface area contributed by atoms with Crippen molar-refractivity contribution in [3.05, 3.63) is 45.0 Å². The van der Waals surface area contributed by atoms with Gasteiger partial charge in [0.1, 0.15) is 17.6 Å². The summed E-state index contributed by atoms with van der Waals surface area (Å²) in [5.74, 6) is 1.74. The van der Waals surface area contributed by atoms with Crippen LogP contribution in [0.15, 0.2) is 34.4 Å². The number of nitrogens with zero attached hydrogens (tertiary/aromatic N) is 2. The van der Waals surface area contributed by atoms with E-state index in [1.807, 2.05) is 41.1 Å². The van der Waals surface area contributed by atoms with E-state index in [0.717, 1.165) is 56.2 Å². The predicted molar refractivity (Wildman–Crippen MR) is 96.4 cm³/mol. The summed E-state index contributed by atoms with van der Waals surface area (Å²) >= 11 is 1.28. The van der Waals surface area contributed by atoms with Crippen molar-refractivity contribution in [2.24, 2.45) is 0 Å². The number of piperidine rings is 1. The van der Waals surface area contributed by atoms with Gasteiger partial charge in [0.2, 0.25) is 0 Å². The van der Waals surface area contributed by atoms with E-state index in [-0.39, 0.29) is 11.0 Å². The molecule has 2 aromatic rings. The van der Waals surface area contributed by atoms with Crippen molar-refractivity contribution >= 4 is 11.3 Å². The summed E-state index contributed by atoms with van der Waals surface area (Å²) in [5.41, 5.74) is 1.06. The van der Waals surface area contributed by atoms with Gasteiger partial charge in [-0.05, 0) is 44.0 Å². The Morgan fingerprint density at radius 1 is 1.12 bits per heavy atom. The molecule has 2 heterocycles. The van der Waals surface area contributed by atoms with Crippen LogP contribution in [0.4, 0.5) is 0 Å². The molecule has 5 nitrogen and oxygen atoms in total. The maximum Gasteiger partial charge on any atom is 0.307 e. The first-order chi connectivity index (χ1) is 11.7. The summed E-state index contributed by atoms with van der Waals surface area (Å²) < 4.78 is 13.1. The van der Waals surface area contributed by atoms with Crippen LogP contribution in [0.2, 0.25) is 0 Å². The van der Waals surface area contributed by atoms with Crippen molar-refractivity contribution in [1.82, 2.24) is 9.47 Å². The highest BCUT2D eigenvalue weighted by atomic mass is 32.1. The van der Waals surface area contributed by atoms with Gasteiger partial charge in [0.25, 0.3) is 0 Å². The van der Waals surface area contributed by atoms with Crippen LogP contribution in [0.1, 0.15) is 18.5 Å². The second kappa shape index (κ2) is 7.85. The van der Waals surface area contributed by atoms with Gasteiger partial charge >= 0.3 is 4.87 Å². The molecule has 6 heteroatoms. The van der Waals surface area contributed by atoms with E-state index in [4.69, 9.17) is 9.47 Å². The van der Waals surface area contributed by atoms with Crippen molar-refractivity contribution in [2.45, 2.75) is 32.4 Å². The Bertz CT molecular complexity index is 700. The maximum atomic E-state index is 11.7. The molecule has 24 heavy (non-hydrogen) atoms. The molecule has 1 aliphatic heterocycles. The van der Waals surface area contributed by atoms with Crippen molar-refractivity contribution in [3.63, 3.8) is 0 Å². The molecule has 0 aliphatic carbocycles. The molecule has 1 aliphatic rings. The molecule has 130 valence electrons. The van der Waals surface area contributed by atoms with Gasteiger partial charge in [0, 0.05) is 37.3 Å². The lowest BCUT2D eigenvalue weighted by molar-refractivity contribution is 0.0983. The predicted octanol–water partition coefficient (Wildman–Crippen LogP) is 2.77. The first-order valence-electron chi connectivity index (χ1n) is 8.33. The quantitative estimate of drug-likeness (QED) is 0.805. The Kier molecular flexibility index (Phi) is 5.58. The van der Waals surface area contributed by atoms with Crippen molar-refractivity contribution in [3.8, 4) is 11.5 Å². The smallest absolute Gasteiger partial charge is 0.307 e. The summed E-state index contributed by atoms with van der Waals surface area (Å²) in [6, 6.07) is 7.75. The van der Waals surface area contributed by atoms with E-state index in [9.17, 15) is 4.79 Å². The third kappa shape index (κ3) is 4.19. The molecule has 0 spiro atoms. The largest absolute Gasteiger partial charge is 0.497 e. The number of aryl methyl sites for hydroxylation is 1. The third-order valence-electron chi connectivity index (χ3n) is 4.51. The monoisotopic (exact) mass is 348 g/mol. The zero-order chi connectivity index (χ0) is 16.9. The van der Waals surface area contributed by atoms with E-state index in [2.05, 4.69) is 4.90 Å². The fourth-order valence-corrected chi connectivity index (χ4v) is 3.77. The molecule has 1 fully saturated rings. The lowest BCUT2D eigenvalue weighted by Gasteiger charge is -2.32. The molecule has 3 rings (SSSR count). The van der Waals surface area contributed by atoms with Crippen LogP contribution < -0.4 is 14.3 Å². The minimum Gasteiger partial charge on any atom is -0.497 e. The standard InChI is InChI=1S/C18H24N2O3S/c1-14-13-24-18(21)20(14)12-11-19-9-7-17(8-10-19)23-16-5-3-15(22-2)4-6-16/h3-6,13,17H,7-12H2,1-2H3. The Labute approximate surface area is 146 Å². The molecule has 0 N–H and O–H groups in total. The van der Waals surface area contributed by atoms with Crippen LogP contribution in [0, 0.1) is 6.92 Å². The van der Waals surface area contributed by atoms with E-state index >= 15 is 0 Å². The van der Waals surface area contributed by atoms with Crippen LogP contribution in [-0.4, -0.2) is 42.3 Å². The molecule has 0 unspecified atom stereocenters. The highest BCUT2D eigenvalue weighted by Crippen LogP contribution is 2.21. The zero-order valence-corrected chi connectivity index (χ0v) is 15.1. The van der Waals surface area contributed by atoms with Crippen LogP contribution in [0.3, 0.4) is 0 Å². The number of methoxy groups -OCH3 is 1. The number of benzene rings is 1. The molecular formula is C18H24N2O3S. The van der Waals surface area contributed by atoms with Crippen molar-refractivity contribution in [2.75, 3.05) is 26.7 Å². The minimum absolute atomic E-state index is 0.144. The maximum absolute atomic E-state index is 11.7. The number of ether oxygens (including phenoxy) is 2. The van der Waals surface area contributed by atoms with E-state index < -0.39 is 0 Å². The van der Waals surface area contributed by atoms with E-state index in [1.54, 1.807) is 7.11 Å². The minimum atomic E-state index is 0.144. The first kappa shape index (κ1) is 17.0. The van der Waals surface area contributed by atoms with Gasteiger partial charge < -0.3 is 18.9 Å². The van der Waals surface area contributed by atoms with Gasteiger partial charge in [-0.3, -0.25) is 4.79 Å². The molecule has 0 saturated carbocycles. The van der Waals surface area contributed by atoms with Crippen LogP contribution >= 0.6 is 11.3 Å². The summed E-state index contributed by atoms with van der Waals surface area (Å²) in [7, 11) is 1.66. The van der Waals surface area contributed by atoms with Gasteiger partial charge in [0.05, 0.1) is 7.11 Å². The number of rotatable bonds is 6. The fraction of sp³-hybridized carbons (Fsp3) is 0.500. The van der Waals surface area contributed by atoms with E-state index in [1.165, 1.54) is 11.3 Å². The van der Waals surface area contributed by atoms with Gasteiger partial charge in [-0.15, -0.1) is 0 Å². The molecule has 0 amide bonds. The van der Waals surface area contributed by atoms with Crippen LogP contribution in [0.5, 0.6) is 11.5 Å². The number of thiazole rings is 1. The normalized spacial score (nSPS) is 16.2. The third-order valence-corrected chi connectivity index (χ3v) is 5.39. The summed E-state index contributed by atoms with van der Waals surface area (Å²) in [6.07, 6.45) is 2.30. The summed E-state index contributed by atoms with van der Waals surface area (Å²) in [4.78, 5) is 14.3. The highest BCUT2D eigenvalue weighted by Gasteiger charge is 2.20. The summed E-state index contributed by atoms with van der Waals surface area (Å²) in [6.45, 7) is 5.72. The van der Waals surface area contributed by atoms with E-state index in [0.29, 0.717) is 0 Å². The number of aromatic nitrogens is 1. The average Bonchev–Trinajstić information content (AvgIpc) is 2.93. The van der Waals surface area contributed by atoms with Gasteiger partial charge in [-0.2, -0.15) is 0 Å². The topological polar surface area (TPSA) is 43.7 Å². The van der Waals surface area contributed by atoms with Gasteiger partial charge in [-0.1, -0.05) is 11.3 Å². The Hall–Kier alpha value is -1.79. The Morgan fingerprint density at radius 2 is 1.79 bits per heavy atom. The summed E-state index contributed by atoms with van der Waals surface area (Å²) in [5, 5.41) is 1.93. The second-order valence-electron chi connectivity index (χ2n) is 6.13. The first-order valence-corrected chi connectivity index (χ1v) is 9.21. The lowest BCUT2D eigenvalue weighted by atomic mass is 10.1. The molecule has 1 aromatic heterocycles. The van der Waals surface area contributed by atoms with Crippen LogP contribution in [-0.2, 0) is 6.54 Å². The SMILES string of the molecule is COc1ccc(OC2CCN(CCn3c(C)csc3=O)CC2)cc1. The van der Waals surface area contributed by atoms with Gasteiger partial charge in [-0.25, -0.2) is 0 Å². The van der Waals surface area contributed by atoms with Gasteiger partial charge in [0.15, 0.2) is 0 Å². The van der Waals surface area contributed by atoms with Crippen molar-refractivity contribution < 1.29 is 9.47 Å². The fourth-order valence-electron chi connectivity index (χ4n) is 3.01. The second-order valence-corrected chi connectivity index (χ2v) is 6.95. The van der Waals surface area contributed by atoms with Crippen LogP contribution in [0.25, 0.3) is 0 Å². The molecule has 1 saturated heterocycles.